The smallest absolute Gasteiger partial charge is 0.418 e. The summed E-state index contributed by atoms with van der Waals surface area (Å²) in [5, 5.41) is 10.7. The summed E-state index contributed by atoms with van der Waals surface area (Å²) in [4.78, 5) is 1.70. The predicted octanol–water partition coefficient (Wildman–Crippen LogP) is 4.67. The SMILES string of the molecule is COc1ccc(F)cc1C(C)(C)CC(O)(CN1CCCCC1C)C(F)(F)F. The van der Waals surface area contributed by atoms with Gasteiger partial charge in [0.2, 0.25) is 0 Å². The fraction of sp³-hybridized carbons (Fsp3) is 0.700. The zero-order valence-electron chi connectivity index (χ0n) is 16.4. The first-order valence-electron chi connectivity index (χ1n) is 9.27. The monoisotopic (exact) mass is 391 g/mol. The zero-order valence-corrected chi connectivity index (χ0v) is 16.4. The molecule has 0 bridgehead atoms. The van der Waals surface area contributed by atoms with Crippen molar-refractivity contribution in [1.29, 1.82) is 0 Å². The van der Waals surface area contributed by atoms with E-state index in [1.54, 1.807) is 18.7 Å². The Balaban J connectivity index is 2.36. The minimum atomic E-state index is -4.80. The summed E-state index contributed by atoms with van der Waals surface area (Å²) < 4.78 is 60.7. The third-order valence-electron chi connectivity index (χ3n) is 5.56. The lowest BCUT2D eigenvalue weighted by Crippen LogP contribution is -2.58. The minimum absolute atomic E-state index is 0.0144. The van der Waals surface area contributed by atoms with Gasteiger partial charge in [-0.15, -0.1) is 0 Å². The highest BCUT2D eigenvalue weighted by Gasteiger charge is 2.57. The van der Waals surface area contributed by atoms with Crippen molar-refractivity contribution in [3.05, 3.63) is 29.6 Å². The average Bonchev–Trinajstić information content (AvgIpc) is 2.55. The number of ether oxygens (including phenoxy) is 1. The summed E-state index contributed by atoms with van der Waals surface area (Å²) in [5.41, 5.74) is -3.75. The van der Waals surface area contributed by atoms with Gasteiger partial charge in [0.1, 0.15) is 11.6 Å². The van der Waals surface area contributed by atoms with Crippen LogP contribution < -0.4 is 4.74 Å². The van der Waals surface area contributed by atoms with Crippen LogP contribution in [0, 0.1) is 5.82 Å². The summed E-state index contributed by atoms with van der Waals surface area (Å²) in [6, 6.07) is 3.76. The Kier molecular flexibility index (Phi) is 6.47. The second kappa shape index (κ2) is 7.95. The molecule has 1 N–H and O–H groups in total. The van der Waals surface area contributed by atoms with Gasteiger partial charge in [-0.25, -0.2) is 4.39 Å². The van der Waals surface area contributed by atoms with Gasteiger partial charge >= 0.3 is 6.18 Å². The van der Waals surface area contributed by atoms with Crippen LogP contribution in [-0.2, 0) is 5.41 Å². The van der Waals surface area contributed by atoms with E-state index in [-0.39, 0.29) is 6.04 Å². The molecule has 1 heterocycles. The summed E-state index contributed by atoms with van der Waals surface area (Å²) in [6.07, 6.45) is -2.78. The number of methoxy groups -OCH3 is 1. The average molecular weight is 391 g/mol. The molecule has 1 aliphatic rings. The Labute approximate surface area is 158 Å². The van der Waals surface area contributed by atoms with E-state index in [9.17, 15) is 22.7 Å². The maximum Gasteiger partial charge on any atom is 0.418 e. The number of β-amino-alcohol motifs (C(OH)–C–C–N with tert-alkyl or cyclic N) is 1. The molecule has 0 radical (unpaired) electrons. The number of aliphatic hydroxyl groups is 1. The van der Waals surface area contributed by atoms with E-state index in [0.717, 1.165) is 19.3 Å². The molecule has 0 aromatic heterocycles. The lowest BCUT2D eigenvalue weighted by molar-refractivity contribution is -0.273. The van der Waals surface area contributed by atoms with E-state index in [1.165, 1.54) is 25.3 Å². The molecule has 2 unspecified atom stereocenters. The molecule has 2 atom stereocenters. The number of hydrogen-bond acceptors (Lipinski definition) is 3. The van der Waals surface area contributed by atoms with Crippen LogP contribution in [0.25, 0.3) is 0 Å². The van der Waals surface area contributed by atoms with E-state index in [1.807, 2.05) is 6.92 Å². The first-order chi connectivity index (χ1) is 12.4. The molecule has 0 saturated carbocycles. The summed E-state index contributed by atoms with van der Waals surface area (Å²) in [5.74, 6) is -0.253. The second-order valence-corrected chi connectivity index (χ2v) is 8.25. The number of benzene rings is 1. The van der Waals surface area contributed by atoms with Crippen molar-refractivity contribution < 1.29 is 27.4 Å². The standard InChI is InChI=1S/C20H29F4NO2/c1-14-7-5-6-10-25(14)13-19(26,20(22,23)24)12-18(2,3)16-11-15(21)8-9-17(16)27-4/h8-9,11,14,26H,5-7,10,12-13H2,1-4H3. The Morgan fingerprint density at radius 1 is 1.22 bits per heavy atom. The van der Waals surface area contributed by atoms with Crippen LogP contribution in [0.15, 0.2) is 18.2 Å². The Hall–Kier alpha value is -1.34. The minimum Gasteiger partial charge on any atom is -0.496 e. The summed E-state index contributed by atoms with van der Waals surface area (Å²) in [7, 11) is 1.39. The molecule has 0 aliphatic carbocycles. The predicted molar refractivity (Wildman–Crippen MR) is 96.5 cm³/mol. The molecule has 0 amide bonds. The highest BCUT2D eigenvalue weighted by atomic mass is 19.4. The van der Waals surface area contributed by atoms with Crippen LogP contribution in [0.1, 0.15) is 52.0 Å². The van der Waals surface area contributed by atoms with Crippen molar-refractivity contribution in [1.82, 2.24) is 4.90 Å². The Morgan fingerprint density at radius 3 is 2.44 bits per heavy atom. The van der Waals surface area contributed by atoms with Crippen molar-refractivity contribution in [2.45, 2.75) is 69.7 Å². The number of alkyl halides is 3. The third kappa shape index (κ3) is 4.93. The molecule has 1 aromatic carbocycles. The van der Waals surface area contributed by atoms with E-state index >= 15 is 0 Å². The lowest BCUT2D eigenvalue weighted by Gasteiger charge is -2.43. The second-order valence-electron chi connectivity index (χ2n) is 8.25. The van der Waals surface area contributed by atoms with Crippen molar-refractivity contribution >= 4 is 0 Å². The first-order valence-corrected chi connectivity index (χ1v) is 9.27. The van der Waals surface area contributed by atoms with Crippen LogP contribution >= 0.6 is 0 Å². The fourth-order valence-electron chi connectivity index (χ4n) is 4.01. The number of piperidine rings is 1. The van der Waals surface area contributed by atoms with Gasteiger partial charge in [-0.1, -0.05) is 20.3 Å². The van der Waals surface area contributed by atoms with Crippen molar-refractivity contribution in [2.24, 2.45) is 0 Å². The molecular weight excluding hydrogens is 362 g/mol. The maximum atomic E-state index is 13.9. The summed E-state index contributed by atoms with van der Waals surface area (Å²) in [6.45, 7) is 5.07. The van der Waals surface area contributed by atoms with Crippen molar-refractivity contribution in [3.63, 3.8) is 0 Å². The summed E-state index contributed by atoms with van der Waals surface area (Å²) >= 11 is 0. The zero-order chi connectivity index (χ0) is 20.5. The third-order valence-corrected chi connectivity index (χ3v) is 5.56. The molecular formula is C20H29F4NO2. The van der Waals surface area contributed by atoms with Gasteiger partial charge in [-0.3, -0.25) is 4.90 Å². The van der Waals surface area contributed by atoms with E-state index in [4.69, 9.17) is 4.74 Å². The van der Waals surface area contributed by atoms with Crippen molar-refractivity contribution in [3.8, 4) is 5.75 Å². The molecule has 1 aromatic rings. The molecule has 1 aliphatic heterocycles. The number of likely N-dealkylation sites (tertiary alicyclic amines) is 1. The number of hydrogen-bond donors (Lipinski definition) is 1. The van der Waals surface area contributed by atoms with Gasteiger partial charge in [-0.05, 0) is 56.3 Å². The molecule has 1 fully saturated rings. The normalized spacial score (nSPS) is 21.7. The molecule has 154 valence electrons. The topological polar surface area (TPSA) is 32.7 Å². The lowest BCUT2D eigenvalue weighted by atomic mass is 9.74. The molecule has 0 spiro atoms. The Morgan fingerprint density at radius 2 is 1.89 bits per heavy atom. The molecule has 1 saturated heterocycles. The largest absolute Gasteiger partial charge is 0.496 e. The van der Waals surface area contributed by atoms with Crippen LogP contribution in [0.5, 0.6) is 5.75 Å². The van der Waals surface area contributed by atoms with E-state index in [0.29, 0.717) is 17.9 Å². The van der Waals surface area contributed by atoms with Gasteiger partial charge < -0.3 is 9.84 Å². The molecule has 7 heteroatoms. The van der Waals surface area contributed by atoms with Gasteiger partial charge in [0, 0.05) is 18.2 Å². The fourth-order valence-corrected chi connectivity index (χ4v) is 4.01. The number of nitrogens with zero attached hydrogens (tertiary/aromatic N) is 1. The van der Waals surface area contributed by atoms with E-state index < -0.39 is 36.0 Å². The quantitative estimate of drug-likeness (QED) is 0.716. The van der Waals surface area contributed by atoms with Crippen LogP contribution in [0.2, 0.25) is 0 Å². The van der Waals surface area contributed by atoms with Crippen LogP contribution in [0.4, 0.5) is 17.6 Å². The van der Waals surface area contributed by atoms with Crippen molar-refractivity contribution in [2.75, 3.05) is 20.2 Å². The Bertz CT molecular complexity index is 647. The molecule has 3 nitrogen and oxygen atoms in total. The van der Waals surface area contributed by atoms with Gasteiger partial charge in [0.25, 0.3) is 0 Å². The van der Waals surface area contributed by atoms with E-state index in [2.05, 4.69) is 0 Å². The number of rotatable bonds is 6. The van der Waals surface area contributed by atoms with Gasteiger partial charge in [-0.2, -0.15) is 13.2 Å². The van der Waals surface area contributed by atoms with Gasteiger partial charge in [0.15, 0.2) is 5.60 Å². The molecule has 27 heavy (non-hydrogen) atoms. The molecule has 2 rings (SSSR count). The highest BCUT2D eigenvalue weighted by molar-refractivity contribution is 5.39. The van der Waals surface area contributed by atoms with Gasteiger partial charge in [0.05, 0.1) is 7.11 Å². The maximum absolute atomic E-state index is 13.9. The van der Waals surface area contributed by atoms with Crippen LogP contribution in [-0.4, -0.2) is 48.0 Å². The number of halogens is 4. The first kappa shape index (κ1) is 22.0. The highest BCUT2D eigenvalue weighted by Crippen LogP contribution is 2.44. The van der Waals surface area contributed by atoms with Crippen LogP contribution in [0.3, 0.4) is 0 Å².